The monoisotopic (exact) mass is 370 g/mol. The molecule has 1 saturated heterocycles. The van der Waals surface area contributed by atoms with Crippen molar-refractivity contribution in [2.75, 3.05) is 13.1 Å². The Morgan fingerprint density at radius 1 is 1.00 bits per heavy atom. The first-order valence-corrected chi connectivity index (χ1v) is 8.78. The van der Waals surface area contributed by atoms with Gasteiger partial charge in [0.25, 0.3) is 0 Å². The zero-order valence-electron chi connectivity index (χ0n) is 14.7. The molecular weight excluding hydrogens is 348 g/mol. The van der Waals surface area contributed by atoms with Gasteiger partial charge in [0.05, 0.1) is 5.52 Å². The van der Waals surface area contributed by atoms with Crippen LogP contribution >= 0.6 is 12.4 Å². The second-order valence-corrected chi connectivity index (χ2v) is 6.57. The Balaban J connectivity index is 0.00000196. The molecule has 5 heteroatoms. The highest BCUT2D eigenvalue weighted by Crippen LogP contribution is 2.31. The standard InChI is InChI=1S/C21H22N2O2.ClH/c1-14-19(8-4-16-5-9-20(24)23-21(14)16)15-2-6-17(7-3-15)25-18-10-12-22-13-11-18;/h2-9,18,22H,10-13H2,1H3,(H,23,24);1H. The number of hydrogen-bond acceptors (Lipinski definition) is 4. The van der Waals surface area contributed by atoms with Crippen molar-refractivity contribution in [2.45, 2.75) is 25.9 Å². The number of piperidine rings is 1. The minimum atomic E-state index is 0. The van der Waals surface area contributed by atoms with Crippen LogP contribution in [-0.4, -0.2) is 29.3 Å². The molecule has 0 saturated carbocycles. The summed E-state index contributed by atoms with van der Waals surface area (Å²) in [5.41, 5.74) is 4.16. The lowest BCUT2D eigenvalue weighted by Crippen LogP contribution is -2.34. The molecule has 0 spiro atoms. The summed E-state index contributed by atoms with van der Waals surface area (Å²) < 4.78 is 6.08. The molecule has 0 atom stereocenters. The van der Waals surface area contributed by atoms with Gasteiger partial charge in [-0.05, 0) is 67.7 Å². The number of hydrogen-bond donors (Lipinski definition) is 2. The van der Waals surface area contributed by atoms with Crippen molar-refractivity contribution in [2.24, 2.45) is 0 Å². The number of nitrogens with one attached hydrogen (secondary N) is 1. The molecule has 1 aliphatic heterocycles. The first kappa shape index (κ1) is 18.5. The molecule has 0 unspecified atom stereocenters. The Kier molecular flexibility index (Phi) is 5.64. The van der Waals surface area contributed by atoms with Crippen molar-refractivity contribution in [1.82, 2.24) is 10.3 Å². The number of rotatable bonds is 3. The summed E-state index contributed by atoms with van der Waals surface area (Å²) in [5, 5.41) is 14.1. The third-order valence-electron chi connectivity index (χ3n) is 4.85. The lowest BCUT2D eigenvalue weighted by Gasteiger charge is -2.23. The van der Waals surface area contributed by atoms with Crippen LogP contribution in [0.15, 0.2) is 48.5 Å². The molecule has 2 aromatic carbocycles. The van der Waals surface area contributed by atoms with Gasteiger partial charge in [-0.15, -0.1) is 12.4 Å². The van der Waals surface area contributed by atoms with Crippen molar-refractivity contribution in [3.05, 3.63) is 54.1 Å². The maximum absolute atomic E-state index is 9.68. The van der Waals surface area contributed by atoms with Gasteiger partial charge in [-0.1, -0.05) is 24.3 Å². The van der Waals surface area contributed by atoms with Crippen molar-refractivity contribution >= 4 is 23.3 Å². The summed E-state index contributed by atoms with van der Waals surface area (Å²) in [6, 6.07) is 15.9. The lowest BCUT2D eigenvalue weighted by atomic mass is 9.98. The minimum absolute atomic E-state index is 0. The number of aryl methyl sites for hydroxylation is 1. The fourth-order valence-electron chi connectivity index (χ4n) is 3.45. The Morgan fingerprint density at radius 3 is 2.42 bits per heavy atom. The molecule has 1 aromatic heterocycles. The van der Waals surface area contributed by atoms with E-state index in [0.717, 1.165) is 59.3 Å². The van der Waals surface area contributed by atoms with E-state index in [1.807, 2.05) is 31.2 Å². The largest absolute Gasteiger partial charge is 0.493 e. The van der Waals surface area contributed by atoms with Gasteiger partial charge < -0.3 is 15.2 Å². The van der Waals surface area contributed by atoms with E-state index >= 15 is 0 Å². The highest BCUT2D eigenvalue weighted by atomic mass is 35.5. The Labute approximate surface area is 159 Å². The smallest absolute Gasteiger partial charge is 0.211 e. The maximum Gasteiger partial charge on any atom is 0.211 e. The number of aromatic nitrogens is 1. The predicted molar refractivity (Wildman–Crippen MR) is 107 cm³/mol. The average Bonchev–Trinajstić information content (AvgIpc) is 2.64. The molecule has 4 rings (SSSR count). The van der Waals surface area contributed by atoms with Gasteiger partial charge in [-0.2, -0.15) is 0 Å². The topological polar surface area (TPSA) is 54.4 Å². The van der Waals surface area contributed by atoms with Crippen LogP contribution in [0, 0.1) is 6.92 Å². The van der Waals surface area contributed by atoms with Gasteiger partial charge in [0, 0.05) is 11.5 Å². The summed E-state index contributed by atoms with van der Waals surface area (Å²) >= 11 is 0. The molecule has 0 amide bonds. The second-order valence-electron chi connectivity index (χ2n) is 6.57. The number of aromatic hydroxyl groups is 1. The molecule has 26 heavy (non-hydrogen) atoms. The average molecular weight is 371 g/mol. The highest BCUT2D eigenvalue weighted by molar-refractivity contribution is 5.89. The normalized spacial score (nSPS) is 14.8. The van der Waals surface area contributed by atoms with Gasteiger partial charge in [-0.3, -0.25) is 0 Å². The Hall–Kier alpha value is -2.30. The summed E-state index contributed by atoms with van der Waals surface area (Å²) in [7, 11) is 0. The van der Waals surface area contributed by atoms with Crippen LogP contribution in [0.4, 0.5) is 0 Å². The molecule has 2 N–H and O–H groups in total. The molecule has 0 radical (unpaired) electrons. The van der Waals surface area contributed by atoms with Crippen LogP contribution < -0.4 is 10.1 Å². The Bertz CT molecular complexity index is 890. The van der Waals surface area contributed by atoms with Gasteiger partial charge >= 0.3 is 0 Å². The minimum Gasteiger partial charge on any atom is -0.493 e. The molecule has 3 aromatic rings. The number of pyridine rings is 1. The third-order valence-corrected chi connectivity index (χ3v) is 4.85. The fraction of sp³-hybridized carbons (Fsp3) is 0.286. The zero-order valence-corrected chi connectivity index (χ0v) is 15.6. The number of halogens is 1. The second kappa shape index (κ2) is 7.94. The first-order chi connectivity index (χ1) is 12.2. The van der Waals surface area contributed by atoms with E-state index in [4.69, 9.17) is 4.74 Å². The summed E-state index contributed by atoms with van der Waals surface area (Å²) in [6.45, 7) is 4.10. The molecule has 1 aliphatic rings. The van der Waals surface area contributed by atoms with Crippen molar-refractivity contribution in [3.8, 4) is 22.8 Å². The number of benzene rings is 2. The quantitative estimate of drug-likeness (QED) is 0.714. The lowest BCUT2D eigenvalue weighted by molar-refractivity contribution is 0.162. The van der Waals surface area contributed by atoms with Gasteiger partial charge in [0.15, 0.2) is 0 Å². The summed E-state index contributed by atoms with van der Waals surface area (Å²) in [5.74, 6) is 0.975. The molecule has 1 fully saturated rings. The zero-order chi connectivity index (χ0) is 17.2. The van der Waals surface area contributed by atoms with Crippen molar-refractivity contribution in [1.29, 1.82) is 0 Å². The van der Waals surface area contributed by atoms with E-state index in [0.29, 0.717) is 6.10 Å². The summed E-state index contributed by atoms with van der Waals surface area (Å²) in [4.78, 5) is 4.28. The van der Waals surface area contributed by atoms with Crippen molar-refractivity contribution < 1.29 is 9.84 Å². The maximum atomic E-state index is 9.68. The Morgan fingerprint density at radius 2 is 1.69 bits per heavy atom. The van der Waals surface area contributed by atoms with E-state index in [1.165, 1.54) is 0 Å². The third kappa shape index (κ3) is 3.76. The fourth-order valence-corrected chi connectivity index (χ4v) is 3.45. The first-order valence-electron chi connectivity index (χ1n) is 8.78. The molecular formula is C21H23ClN2O2. The SMILES string of the molecule is Cc1c(-c2ccc(OC3CCNCC3)cc2)ccc2ccc(O)nc12.Cl. The van der Waals surface area contributed by atoms with E-state index in [-0.39, 0.29) is 18.3 Å². The summed E-state index contributed by atoms with van der Waals surface area (Å²) in [6.07, 6.45) is 2.42. The van der Waals surface area contributed by atoms with E-state index < -0.39 is 0 Å². The van der Waals surface area contributed by atoms with E-state index in [9.17, 15) is 5.11 Å². The van der Waals surface area contributed by atoms with Gasteiger partial charge in [0.1, 0.15) is 11.9 Å². The van der Waals surface area contributed by atoms with Crippen LogP contribution in [0.5, 0.6) is 11.6 Å². The highest BCUT2D eigenvalue weighted by Gasteiger charge is 2.14. The van der Waals surface area contributed by atoms with Crippen LogP contribution in [-0.2, 0) is 0 Å². The molecule has 0 aliphatic carbocycles. The molecule has 136 valence electrons. The number of ether oxygens (including phenoxy) is 1. The molecule has 4 nitrogen and oxygen atoms in total. The van der Waals surface area contributed by atoms with Crippen LogP contribution in [0.25, 0.3) is 22.0 Å². The van der Waals surface area contributed by atoms with Crippen LogP contribution in [0.3, 0.4) is 0 Å². The van der Waals surface area contributed by atoms with Gasteiger partial charge in [-0.25, -0.2) is 4.98 Å². The number of fused-ring (bicyclic) bond motifs is 1. The van der Waals surface area contributed by atoms with E-state index in [2.05, 4.69) is 28.5 Å². The van der Waals surface area contributed by atoms with E-state index in [1.54, 1.807) is 6.07 Å². The molecule has 2 heterocycles. The molecule has 0 bridgehead atoms. The van der Waals surface area contributed by atoms with Crippen molar-refractivity contribution in [3.63, 3.8) is 0 Å². The predicted octanol–water partition coefficient (Wildman–Crippen LogP) is 4.47. The van der Waals surface area contributed by atoms with Gasteiger partial charge in [0.2, 0.25) is 5.88 Å². The van der Waals surface area contributed by atoms with Crippen LogP contribution in [0.2, 0.25) is 0 Å². The van der Waals surface area contributed by atoms with Crippen LogP contribution in [0.1, 0.15) is 18.4 Å². The number of nitrogens with zero attached hydrogens (tertiary/aromatic N) is 1.